The third-order valence-corrected chi connectivity index (χ3v) is 3.59. The third-order valence-electron chi connectivity index (χ3n) is 3.59. The van der Waals surface area contributed by atoms with E-state index in [2.05, 4.69) is 15.7 Å². The van der Waals surface area contributed by atoms with E-state index in [0.29, 0.717) is 5.69 Å². The van der Waals surface area contributed by atoms with Gasteiger partial charge in [-0.05, 0) is 26.7 Å². The van der Waals surface area contributed by atoms with Crippen LogP contribution in [-0.2, 0) is 11.3 Å². The van der Waals surface area contributed by atoms with E-state index in [9.17, 15) is 9.59 Å². The number of hydrogen-bond acceptors (Lipinski definition) is 4. The number of aromatic nitrogens is 2. The van der Waals surface area contributed by atoms with Gasteiger partial charge in [0.05, 0.1) is 11.9 Å². The van der Waals surface area contributed by atoms with Gasteiger partial charge in [0.1, 0.15) is 6.54 Å². The molecule has 0 bridgehead atoms. The molecule has 2 rings (SSSR count). The van der Waals surface area contributed by atoms with Crippen LogP contribution in [0.25, 0.3) is 0 Å². The summed E-state index contributed by atoms with van der Waals surface area (Å²) in [7, 11) is 0. The van der Waals surface area contributed by atoms with E-state index in [1.807, 2.05) is 13.8 Å². The first-order valence-corrected chi connectivity index (χ1v) is 7.67. The molecule has 1 saturated carbocycles. The van der Waals surface area contributed by atoms with Gasteiger partial charge in [-0.25, -0.2) is 4.68 Å². The van der Waals surface area contributed by atoms with Gasteiger partial charge in [0.2, 0.25) is 5.91 Å². The molecule has 1 amide bonds. The number of carbonyl (C=O) groups is 1. The lowest BCUT2D eigenvalue weighted by Gasteiger charge is -2.22. The highest BCUT2D eigenvalue weighted by Gasteiger charge is 2.16. The summed E-state index contributed by atoms with van der Waals surface area (Å²) in [5, 5.41) is 10.1. The lowest BCUT2D eigenvalue weighted by molar-refractivity contribution is -0.122. The summed E-state index contributed by atoms with van der Waals surface area (Å²) in [6.45, 7) is 3.96. The van der Waals surface area contributed by atoms with Crippen LogP contribution < -0.4 is 16.2 Å². The Bertz CT molecular complexity index is 533. The van der Waals surface area contributed by atoms with Crippen molar-refractivity contribution in [3.05, 3.63) is 22.6 Å². The van der Waals surface area contributed by atoms with Crippen molar-refractivity contribution in [2.24, 2.45) is 0 Å². The fourth-order valence-corrected chi connectivity index (χ4v) is 2.62. The molecule has 116 valence electrons. The predicted molar refractivity (Wildman–Crippen MR) is 82.3 cm³/mol. The van der Waals surface area contributed by atoms with Crippen molar-refractivity contribution in [2.75, 3.05) is 5.32 Å². The predicted octanol–water partition coefficient (Wildman–Crippen LogP) is 1.51. The van der Waals surface area contributed by atoms with Crippen molar-refractivity contribution < 1.29 is 4.79 Å². The van der Waals surface area contributed by atoms with Gasteiger partial charge in [0.25, 0.3) is 5.56 Å². The molecular formula is C15H24N4O2. The van der Waals surface area contributed by atoms with Gasteiger partial charge in [0, 0.05) is 18.2 Å². The largest absolute Gasteiger partial charge is 0.381 e. The summed E-state index contributed by atoms with van der Waals surface area (Å²) in [5.41, 5.74) is 0.415. The van der Waals surface area contributed by atoms with E-state index in [0.717, 1.165) is 12.8 Å². The van der Waals surface area contributed by atoms with E-state index >= 15 is 0 Å². The van der Waals surface area contributed by atoms with Crippen molar-refractivity contribution in [2.45, 2.75) is 64.6 Å². The van der Waals surface area contributed by atoms with Gasteiger partial charge in [-0.3, -0.25) is 9.59 Å². The highest BCUT2D eigenvalue weighted by Crippen LogP contribution is 2.17. The standard InChI is InChI=1S/C15H24N4O2/c1-11(2)17-13-8-15(21)19(16-9-13)10-14(20)18-12-6-4-3-5-7-12/h8-9,11-12,17H,3-7,10H2,1-2H3,(H,18,20). The Kier molecular flexibility index (Phi) is 5.36. The third kappa shape index (κ3) is 4.88. The average Bonchev–Trinajstić information content (AvgIpc) is 2.42. The molecule has 1 aromatic rings. The van der Waals surface area contributed by atoms with Crippen molar-refractivity contribution in [3.63, 3.8) is 0 Å². The molecule has 6 heteroatoms. The second-order valence-corrected chi connectivity index (χ2v) is 5.94. The Labute approximate surface area is 124 Å². The topological polar surface area (TPSA) is 76.0 Å². The van der Waals surface area contributed by atoms with Gasteiger partial charge in [-0.15, -0.1) is 0 Å². The van der Waals surface area contributed by atoms with Crippen LogP contribution >= 0.6 is 0 Å². The number of rotatable bonds is 5. The molecule has 1 aliphatic rings. The van der Waals surface area contributed by atoms with Gasteiger partial charge in [-0.1, -0.05) is 19.3 Å². The van der Waals surface area contributed by atoms with E-state index in [4.69, 9.17) is 0 Å². The average molecular weight is 292 g/mol. The molecule has 0 saturated heterocycles. The molecule has 0 unspecified atom stereocenters. The minimum absolute atomic E-state index is 0.0166. The molecule has 0 aliphatic heterocycles. The number of nitrogens with one attached hydrogen (secondary N) is 2. The number of nitrogens with zero attached hydrogens (tertiary/aromatic N) is 2. The van der Waals surface area contributed by atoms with Gasteiger partial charge in [0.15, 0.2) is 0 Å². The Morgan fingerprint density at radius 3 is 2.71 bits per heavy atom. The molecule has 1 aromatic heterocycles. The number of anilines is 1. The number of amides is 1. The van der Waals surface area contributed by atoms with Gasteiger partial charge >= 0.3 is 0 Å². The van der Waals surface area contributed by atoms with Crippen LogP contribution in [0.1, 0.15) is 46.0 Å². The van der Waals surface area contributed by atoms with Crippen molar-refractivity contribution in [1.29, 1.82) is 0 Å². The number of carbonyl (C=O) groups excluding carboxylic acids is 1. The van der Waals surface area contributed by atoms with Crippen LogP contribution in [-0.4, -0.2) is 27.8 Å². The fraction of sp³-hybridized carbons (Fsp3) is 0.667. The summed E-state index contributed by atoms with van der Waals surface area (Å²) in [6, 6.07) is 1.96. The summed E-state index contributed by atoms with van der Waals surface area (Å²) in [6.07, 6.45) is 7.22. The second-order valence-electron chi connectivity index (χ2n) is 5.94. The minimum atomic E-state index is -0.264. The summed E-state index contributed by atoms with van der Waals surface area (Å²) < 4.78 is 1.20. The SMILES string of the molecule is CC(C)Nc1cnn(CC(=O)NC2CCCCC2)c(=O)c1. The smallest absolute Gasteiger partial charge is 0.269 e. The lowest BCUT2D eigenvalue weighted by Crippen LogP contribution is -2.40. The zero-order valence-corrected chi connectivity index (χ0v) is 12.8. The molecule has 0 spiro atoms. The Morgan fingerprint density at radius 2 is 2.10 bits per heavy atom. The summed E-state index contributed by atoms with van der Waals surface area (Å²) >= 11 is 0. The molecule has 0 aromatic carbocycles. The maximum absolute atomic E-state index is 12.0. The Hall–Kier alpha value is -1.85. The highest BCUT2D eigenvalue weighted by atomic mass is 16.2. The molecule has 1 aliphatic carbocycles. The lowest BCUT2D eigenvalue weighted by atomic mass is 9.95. The van der Waals surface area contributed by atoms with Crippen LogP contribution in [0.5, 0.6) is 0 Å². The molecule has 0 atom stereocenters. The summed E-state index contributed by atoms with van der Waals surface area (Å²) in [5.74, 6) is -0.138. The van der Waals surface area contributed by atoms with E-state index in [1.54, 1.807) is 6.20 Å². The quantitative estimate of drug-likeness (QED) is 0.862. The highest BCUT2D eigenvalue weighted by molar-refractivity contribution is 5.75. The van der Waals surface area contributed by atoms with Crippen molar-refractivity contribution >= 4 is 11.6 Å². The Balaban J connectivity index is 1.92. The van der Waals surface area contributed by atoms with E-state index < -0.39 is 0 Å². The molecule has 1 fully saturated rings. The first-order valence-electron chi connectivity index (χ1n) is 7.67. The molecule has 0 radical (unpaired) electrons. The van der Waals surface area contributed by atoms with Gasteiger partial charge < -0.3 is 10.6 Å². The summed E-state index contributed by atoms with van der Waals surface area (Å²) in [4.78, 5) is 23.9. The molecule has 21 heavy (non-hydrogen) atoms. The van der Waals surface area contributed by atoms with Crippen LogP contribution in [0.15, 0.2) is 17.1 Å². The van der Waals surface area contributed by atoms with Crippen LogP contribution in [0.3, 0.4) is 0 Å². The maximum Gasteiger partial charge on any atom is 0.269 e. The Morgan fingerprint density at radius 1 is 1.38 bits per heavy atom. The molecule has 1 heterocycles. The number of hydrogen-bond donors (Lipinski definition) is 2. The second kappa shape index (κ2) is 7.24. The molecule has 2 N–H and O–H groups in total. The monoisotopic (exact) mass is 292 g/mol. The van der Waals surface area contributed by atoms with Crippen LogP contribution in [0, 0.1) is 0 Å². The zero-order chi connectivity index (χ0) is 15.2. The molecule has 6 nitrogen and oxygen atoms in total. The minimum Gasteiger partial charge on any atom is -0.381 e. The normalized spacial score (nSPS) is 16.0. The first-order chi connectivity index (χ1) is 10.0. The van der Waals surface area contributed by atoms with Crippen LogP contribution in [0.2, 0.25) is 0 Å². The van der Waals surface area contributed by atoms with E-state index in [1.165, 1.54) is 30.0 Å². The fourth-order valence-electron chi connectivity index (χ4n) is 2.62. The first kappa shape index (κ1) is 15.5. The van der Waals surface area contributed by atoms with Crippen LogP contribution in [0.4, 0.5) is 5.69 Å². The van der Waals surface area contributed by atoms with Gasteiger partial charge in [-0.2, -0.15) is 5.10 Å². The van der Waals surface area contributed by atoms with E-state index in [-0.39, 0.29) is 30.1 Å². The zero-order valence-electron chi connectivity index (χ0n) is 12.8. The maximum atomic E-state index is 12.0. The molecular weight excluding hydrogens is 268 g/mol. The van der Waals surface area contributed by atoms with Crippen molar-refractivity contribution in [3.8, 4) is 0 Å². The van der Waals surface area contributed by atoms with Crippen molar-refractivity contribution in [1.82, 2.24) is 15.1 Å².